The summed E-state index contributed by atoms with van der Waals surface area (Å²) < 4.78 is 0. The van der Waals surface area contributed by atoms with E-state index in [9.17, 15) is 9.59 Å². The maximum absolute atomic E-state index is 11.8. The van der Waals surface area contributed by atoms with Crippen molar-refractivity contribution in [1.82, 2.24) is 15.5 Å². The van der Waals surface area contributed by atoms with Crippen LogP contribution in [0.15, 0.2) is 0 Å². The third kappa shape index (κ3) is 1.87. The van der Waals surface area contributed by atoms with E-state index in [0.29, 0.717) is 13.1 Å². The molecule has 0 aromatic heterocycles. The molecule has 2 saturated heterocycles. The lowest BCUT2D eigenvalue weighted by molar-refractivity contribution is -0.139. The van der Waals surface area contributed by atoms with Crippen molar-refractivity contribution in [1.29, 1.82) is 0 Å². The van der Waals surface area contributed by atoms with Crippen LogP contribution in [0.2, 0.25) is 0 Å². The number of carbonyl (C=O) groups is 2. The van der Waals surface area contributed by atoms with Crippen LogP contribution >= 0.6 is 0 Å². The highest BCUT2D eigenvalue weighted by Crippen LogP contribution is 2.09. The number of piperazine rings is 1. The molecule has 0 spiro atoms. The Bertz CT molecular complexity index is 248. The van der Waals surface area contributed by atoms with E-state index in [1.807, 2.05) is 0 Å². The van der Waals surface area contributed by atoms with Crippen molar-refractivity contribution < 1.29 is 9.59 Å². The minimum Gasteiger partial charge on any atom is -0.353 e. The van der Waals surface area contributed by atoms with Gasteiger partial charge in [-0.1, -0.05) is 0 Å². The van der Waals surface area contributed by atoms with Gasteiger partial charge in [-0.25, -0.2) is 0 Å². The fourth-order valence-corrected chi connectivity index (χ4v) is 1.94. The van der Waals surface area contributed by atoms with Crippen molar-refractivity contribution in [3.8, 4) is 0 Å². The van der Waals surface area contributed by atoms with Gasteiger partial charge in [0.2, 0.25) is 11.8 Å². The lowest BCUT2D eigenvalue weighted by atomic mass is 10.2. The normalized spacial score (nSPS) is 27.6. The predicted molar refractivity (Wildman–Crippen MR) is 50.6 cm³/mol. The van der Waals surface area contributed by atoms with Gasteiger partial charge < -0.3 is 15.5 Å². The fourth-order valence-electron chi connectivity index (χ4n) is 1.94. The van der Waals surface area contributed by atoms with Gasteiger partial charge in [-0.3, -0.25) is 9.59 Å². The molecule has 0 unspecified atom stereocenters. The Labute approximate surface area is 82.8 Å². The molecule has 2 amide bonds. The summed E-state index contributed by atoms with van der Waals surface area (Å²) in [5.74, 6) is 0.0277. The second-order valence-electron chi connectivity index (χ2n) is 3.76. The van der Waals surface area contributed by atoms with Crippen molar-refractivity contribution in [2.24, 2.45) is 0 Å². The second kappa shape index (κ2) is 3.96. The molecular weight excluding hydrogens is 182 g/mol. The van der Waals surface area contributed by atoms with E-state index in [1.165, 1.54) is 0 Å². The predicted octanol–water partition coefficient (Wildman–Crippen LogP) is -1.30. The van der Waals surface area contributed by atoms with Crippen LogP contribution in [0.3, 0.4) is 0 Å². The van der Waals surface area contributed by atoms with Crippen LogP contribution in [-0.2, 0) is 9.59 Å². The molecule has 2 rings (SSSR count). The van der Waals surface area contributed by atoms with Gasteiger partial charge >= 0.3 is 0 Å². The highest BCUT2D eigenvalue weighted by atomic mass is 16.2. The van der Waals surface area contributed by atoms with Crippen LogP contribution in [0, 0.1) is 0 Å². The van der Waals surface area contributed by atoms with Gasteiger partial charge in [-0.15, -0.1) is 0 Å². The Balaban J connectivity index is 1.92. The van der Waals surface area contributed by atoms with E-state index in [-0.39, 0.29) is 24.4 Å². The number of amides is 2. The zero-order chi connectivity index (χ0) is 9.97. The first kappa shape index (κ1) is 9.45. The number of nitrogens with zero attached hydrogens (tertiary/aromatic N) is 1. The molecule has 14 heavy (non-hydrogen) atoms. The van der Waals surface area contributed by atoms with Gasteiger partial charge in [0.25, 0.3) is 0 Å². The standard InChI is InChI=1S/C9H15N3O2/c13-8-6-12(5-4-11-8)9(14)7-2-1-3-10-7/h7,10H,1-6H2,(H,11,13)/t7-/m1/s1. The van der Waals surface area contributed by atoms with Crippen molar-refractivity contribution in [2.45, 2.75) is 18.9 Å². The van der Waals surface area contributed by atoms with Crippen LogP contribution in [0.25, 0.3) is 0 Å². The highest BCUT2D eigenvalue weighted by molar-refractivity contribution is 5.88. The lowest BCUT2D eigenvalue weighted by Crippen LogP contribution is -2.54. The van der Waals surface area contributed by atoms with Crippen molar-refractivity contribution >= 4 is 11.8 Å². The Kier molecular flexibility index (Phi) is 2.67. The topological polar surface area (TPSA) is 61.4 Å². The quantitative estimate of drug-likeness (QED) is 0.549. The third-order valence-corrected chi connectivity index (χ3v) is 2.71. The first-order chi connectivity index (χ1) is 6.77. The summed E-state index contributed by atoms with van der Waals surface area (Å²) in [4.78, 5) is 24.5. The van der Waals surface area contributed by atoms with E-state index >= 15 is 0 Å². The molecule has 5 nitrogen and oxygen atoms in total. The molecule has 2 fully saturated rings. The van der Waals surface area contributed by atoms with E-state index in [2.05, 4.69) is 10.6 Å². The second-order valence-corrected chi connectivity index (χ2v) is 3.76. The fraction of sp³-hybridized carbons (Fsp3) is 0.778. The van der Waals surface area contributed by atoms with E-state index < -0.39 is 0 Å². The summed E-state index contributed by atoms with van der Waals surface area (Å²) in [6, 6.07) is -0.0547. The van der Waals surface area contributed by atoms with Crippen molar-refractivity contribution in [2.75, 3.05) is 26.2 Å². The average molecular weight is 197 g/mol. The molecule has 0 saturated carbocycles. The van der Waals surface area contributed by atoms with Crippen LogP contribution < -0.4 is 10.6 Å². The summed E-state index contributed by atoms with van der Waals surface area (Å²) in [6.07, 6.45) is 1.95. The SMILES string of the molecule is O=C1CN(C(=O)[C@H]2CCCN2)CCN1. The third-order valence-electron chi connectivity index (χ3n) is 2.71. The van der Waals surface area contributed by atoms with Gasteiger partial charge in [0, 0.05) is 13.1 Å². The molecule has 5 heteroatoms. The van der Waals surface area contributed by atoms with E-state index in [1.54, 1.807) is 4.90 Å². The molecule has 0 radical (unpaired) electrons. The van der Waals surface area contributed by atoms with Crippen molar-refractivity contribution in [3.05, 3.63) is 0 Å². The maximum atomic E-state index is 11.8. The summed E-state index contributed by atoms with van der Waals surface area (Å²) in [5.41, 5.74) is 0. The molecule has 0 bridgehead atoms. The number of carbonyl (C=O) groups excluding carboxylic acids is 2. The molecule has 78 valence electrons. The molecule has 1 atom stereocenters. The molecule has 2 aliphatic rings. The number of rotatable bonds is 1. The number of hydrogen-bond donors (Lipinski definition) is 2. The van der Waals surface area contributed by atoms with E-state index in [0.717, 1.165) is 19.4 Å². The van der Waals surface area contributed by atoms with Gasteiger partial charge in [0.1, 0.15) is 0 Å². The van der Waals surface area contributed by atoms with Crippen LogP contribution in [0.4, 0.5) is 0 Å². The summed E-state index contributed by atoms with van der Waals surface area (Å²) in [5, 5.41) is 5.85. The first-order valence-corrected chi connectivity index (χ1v) is 5.06. The molecular formula is C9H15N3O2. The minimum absolute atomic E-state index is 0.0532. The largest absolute Gasteiger partial charge is 0.353 e. The Morgan fingerprint density at radius 1 is 1.43 bits per heavy atom. The first-order valence-electron chi connectivity index (χ1n) is 5.06. The Morgan fingerprint density at radius 2 is 2.29 bits per heavy atom. The van der Waals surface area contributed by atoms with Crippen LogP contribution in [0.5, 0.6) is 0 Å². The number of hydrogen-bond acceptors (Lipinski definition) is 3. The van der Waals surface area contributed by atoms with Gasteiger partial charge in [0.15, 0.2) is 0 Å². The summed E-state index contributed by atoms with van der Waals surface area (Å²) >= 11 is 0. The van der Waals surface area contributed by atoms with Gasteiger partial charge in [-0.05, 0) is 19.4 Å². The van der Waals surface area contributed by atoms with Crippen molar-refractivity contribution in [3.63, 3.8) is 0 Å². The Hall–Kier alpha value is -1.10. The summed E-state index contributed by atoms with van der Waals surface area (Å²) in [7, 11) is 0. The molecule has 2 N–H and O–H groups in total. The number of nitrogens with one attached hydrogen (secondary N) is 2. The monoisotopic (exact) mass is 197 g/mol. The maximum Gasteiger partial charge on any atom is 0.240 e. The zero-order valence-electron chi connectivity index (χ0n) is 8.08. The highest BCUT2D eigenvalue weighted by Gasteiger charge is 2.29. The lowest BCUT2D eigenvalue weighted by Gasteiger charge is -2.28. The van der Waals surface area contributed by atoms with Gasteiger partial charge in [-0.2, -0.15) is 0 Å². The van der Waals surface area contributed by atoms with Gasteiger partial charge in [0.05, 0.1) is 12.6 Å². The molecule has 2 heterocycles. The average Bonchev–Trinajstić information content (AvgIpc) is 2.69. The van der Waals surface area contributed by atoms with Crippen LogP contribution in [-0.4, -0.2) is 48.9 Å². The molecule has 2 aliphatic heterocycles. The zero-order valence-corrected chi connectivity index (χ0v) is 8.08. The minimum atomic E-state index is -0.0547. The van der Waals surface area contributed by atoms with Crippen LogP contribution in [0.1, 0.15) is 12.8 Å². The smallest absolute Gasteiger partial charge is 0.240 e. The molecule has 0 aliphatic carbocycles. The summed E-state index contributed by atoms with van der Waals surface area (Å²) in [6.45, 7) is 2.35. The Morgan fingerprint density at radius 3 is 2.93 bits per heavy atom. The van der Waals surface area contributed by atoms with E-state index in [4.69, 9.17) is 0 Å². The molecule has 0 aromatic carbocycles. The molecule has 0 aromatic rings.